The van der Waals surface area contributed by atoms with Crippen LogP contribution in [0.3, 0.4) is 0 Å². The Morgan fingerprint density at radius 1 is 1.03 bits per heavy atom. The fourth-order valence-corrected chi connectivity index (χ4v) is 9.21. The van der Waals surface area contributed by atoms with Gasteiger partial charge in [-0.25, -0.2) is 0 Å². The molecule has 4 aliphatic carbocycles. The summed E-state index contributed by atoms with van der Waals surface area (Å²) in [5.41, 5.74) is 2.27. The van der Waals surface area contributed by atoms with Crippen LogP contribution in [0.25, 0.3) is 0 Å². The lowest BCUT2D eigenvalue weighted by atomic mass is 9.47. The highest BCUT2D eigenvalue weighted by Gasteiger charge is 2.59. The third-order valence-electron chi connectivity index (χ3n) is 11.1. The van der Waals surface area contributed by atoms with Crippen LogP contribution in [0, 0.1) is 46.3 Å². The van der Waals surface area contributed by atoms with Crippen LogP contribution in [-0.4, -0.2) is 23.1 Å². The standard InChI is InChI=1S/C31H50O4/c1-20(2)7-6-8-21(3)25-11-12-26-24-10-9-22-19-23(35-29(34)14-13-28(32)33)15-17-30(22,4)27(24)16-18-31(25,26)5/h9,20-21,23-27H,6-8,10-19H2,1-5H3,(H,32,33)/t21-,23+,24+,25-,26+,27+,30+,31-/m0/s1. The number of carboxylic acids is 1. The topological polar surface area (TPSA) is 63.6 Å². The Morgan fingerprint density at radius 3 is 2.51 bits per heavy atom. The van der Waals surface area contributed by atoms with Crippen molar-refractivity contribution in [2.45, 2.75) is 124 Å². The van der Waals surface area contributed by atoms with Crippen molar-refractivity contribution < 1.29 is 19.4 Å². The predicted molar refractivity (Wildman–Crippen MR) is 140 cm³/mol. The summed E-state index contributed by atoms with van der Waals surface area (Å²) in [6.45, 7) is 12.4. The van der Waals surface area contributed by atoms with Crippen molar-refractivity contribution in [3.8, 4) is 0 Å². The van der Waals surface area contributed by atoms with Crippen molar-refractivity contribution in [3.05, 3.63) is 11.6 Å². The van der Waals surface area contributed by atoms with Crippen molar-refractivity contribution in [2.24, 2.45) is 46.3 Å². The van der Waals surface area contributed by atoms with Crippen molar-refractivity contribution in [2.75, 3.05) is 0 Å². The molecular weight excluding hydrogens is 436 g/mol. The number of rotatable bonds is 9. The molecule has 3 fully saturated rings. The number of allylic oxidation sites excluding steroid dienone is 1. The average Bonchev–Trinajstić information content (AvgIpc) is 3.15. The van der Waals surface area contributed by atoms with E-state index in [9.17, 15) is 9.59 Å². The average molecular weight is 487 g/mol. The summed E-state index contributed by atoms with van der Waals surface area (Å²) < 4.78 is 5.70. The van der Waals surface area contributed by atoms with E-state index < -0.39 is 5.97 Å². The molecule has 35 heavy (non-hydrogen) atoms. The molecule has 0 aromatic rings. The normalized spacial score (nSPS) is 39.3. The van der Waals surface area contributed by atoms with Gasteiger partial charge in [-0.2, -0.15) is 0 Å². The predicted octanol–water partition coefficient (Wildman–Crippen LogP) is 7.80. The number of esters is 1. The van der Waals surface area contributed by atoms with Crippen molar-refractivity contribution in [1.29, 1.82) is 0 Å². The highest BCUT2D eigenvalue weighted by atomic mass is 16.5. The molecule has 1 N–H and O–H groups in total. The maximum atomic E-state index is 12.1. The quantitative estimate of drug-likeness (QED) is 0.267. The molecule has 0 radical (unpaired) electrons. The van der Waals surface area contributed by atoms with E-state index in [-0.39, 0.29) is 30.3 Å². The van der Waals surface area contributed by atoms with Gasteiger partial charge < -0.3 is 9.84 Å². The summed E-state index contributed by atoms with van der Waals surface area (Å²) in [7, 11) is 0. The number of carbonyl (C=O) groups excluding carboxylic acids is 1. The van der Waals surface area contributed by atoms with Crippen LogP contribution >= 0.6 is 0 Å². The van der Waals surface area contributed by atoms with Crippen LogP contribution < -0.4 is 0 Å². The molecule has 0 aromatic carbocycles. The molecule has 0 spiro atoms. The maximum absolute atomic E-state index is 12.1. The minimum Gasteiger partial charge on any atom is -0.481 e. The van der Waals surface area contributed by atoms with Crippen LogP contribution in [0.15, 0.2) is 11.6 Å². The summed E-state index contributed by atoms with van der Waals surface area (Å²) >= 11 is 0. The maximum Gasteiger partial charge on any atom is 0.306 e. The molecule has 3 saturated carbocycles. The van der Waals surface area contributed by atoms with E-state index >= 15 is 0 Å². The SMILES string of the molecule is CC(C)CCC[C@H](C)[C@@H]1CC[C@@H]2[C@H]3CC=C4C[C@H](OC(=O)CCC(=O)O)CC[C@@]4(C)[C@@H]3CC[C@]21C. The van der Waals surface area contributed by atoms with Gasteiger partial charge in [0, 0.05) is 6.42 Å². The highest BCUT2D eigenvalue weighted by molar-refractivity contribution is 5.76. The molecule has 0 saturated heterocycles. The van der Waals surface area contributed by atoms with Crippen LogP contribution in [-0.2, 0) is 14.3 Å². The molecule has 8 atom stereocenters. The Hall–Kier alpha value is -1.32. The van der Waals surface area contributed by atoms with Gasteiger partial charge in [-0.3, -0.25) is 9.59 Å². The van der Waals surface area contributed by atoms with E-state index in [0.717, 1.165) is 54.8 Å². The number of carbonyl (C=O) groups is 2. The third kappa shape index (κ3) is 5.37. The molecule has 0 heterocycles. The largest absolute Gasteiger partial charge is 0.481 e. The van der Waals surface area contributed by atoms with Gasteiger partial charge in [0.25, 0.3) is 0 Å². The molecule has 0 aliphatic heterocycles. The number of hydrogen-bond donors (Lipinski definition) is 1. The summed E-state index contributed by atoms with van der Waals surface area (Å²) in [6.07, 6.45) is 16.0. The van der Waals surface area contributed by atoms with Crippen LogP contribution in [0.2, 0.25) is 0 Å². The zero-order chi connectivity index (χ0) is 25.4. The first-order valence-electron chi connectivity index (χ1n) is 14.7. The zero-order valence-electron chi connectivity index (χ0n) is 23.0. The van der Waals surface area contributed by atoms with Gasteiger partial charge in [-0.05, 0) is 91.3 Å². The first kappa shape index (κ1) is 26.7. The first-order chi connectivity index (χ1) is 16.5. The van der Waals surface area contributed by atoms with Gasteiger partial charge in [0.05, 0.1) is 12.8 Å². The minimum absolute atomic E-state index is 0.0236. The fourth-order valence-electron chi connectivity index (χ4n) is 9.21. The highest BCUT2D eigenvalue weighted by Crippen LogP contribution is 2.67. The Labute approximate surface area is 213 Å². The molecule has 4 heteroatoms. The number of carboxylic acid groups (broad SMARTS) is 1. The Balaban J connectivity index is 1.40. The number of hydrogen-bond acceptors (Lipinski definition) is 3. The van der Waals surface area contributed by atoms with Gasteiger partial charge in [0.2, 0.25) is 0 Å². The molecule has 0 amide bonds. The molecule has 4 nitrogen and oxygen atoms in total. The Morgan fingerprint density at radius 2 is 1.80 bits per heavy atom. The second-order valence-corrected chi connectivity index (χ2v) is 13.5. The minimum atomic E-state index is -0.942. The van der Waals surface area contributed by atoms with E-state index in [0.29, 0.717) is 5.41 Å². The zero-order valence-corrected chi connectivity index (χ0v) is 23.0. The molecule has 0 aromatic heterocycles. The fraction of sp³-hybridized carbons (Fsp3) is 0.871. The summed E-state index contributed by atoms with van der Waals surface area (Å²) in [4.78, 5) is 22.9. The Bertz CT molecular complexity index is 815. The van der Waals surface area contributed by atoms with E-state index in [1.165, 1.54) is 56.9 Å². The van der Waals surface area contributed by atoms with E-state index in [1.807, 2.05) is 0 Å². The summed E-state index contributed by atoms with van der Waals surface area (Å²) in [6, 6.07) is 0. The summed E-state index contributed by atoms with van der Waals surface area (Å²) in [5.74, 6) is 3.68. The number of ether oxygens (including phenoxy) is 1. The van der Waals surface area contributed by atoms with Crippen molar-refractivity contribution in [1.82, 2.24) is 0 Å². The van der Waals surface area contributed by atoms with E-state index in [4.69, 9.17) is 9.84 Å². The molecule has 4 rings (SSSR count). The van der Waals surface area contributed by atoms with Gasteiger partial charge in [-0.15, -0.1) is 0 Å². The molecular formula is C31H50O4. The monoisotopic (exact) mass is 486 g/mol. The lowest BCUT2D eigenvalue weighted by Crippen LogP contribution is -2.51. The van der Waals surface area contributed by atoms with Crippen LogP contribution in [0.4, 0.5) is 0 Å². The second-order valence-electron chi connectivity index (χ2n) is 13.5. The summed E-state index contributed by atoms with van der Waals surface area (Å²) in [5, 5.41) is 8.84. The first-order valence-corrected chi connectivity index (χ1v) is 14.7. The lowest BCUT2D eigenvalue weighted by Gasteiger charge is -2.58. The molecule has 0 bridgehead atoms. The van der Waals surface area contributed by atoms with Gasteiger partial charge in [0.1, 0.15) is 6.10 Å². The van der Waals surface area contributed by atoms with E-state index in [2.05, 4.69) is 40.7 Å². The van der Waals surface area contributed by atoms with Crippen LogP contribution in [0.1, 0.15) is 118 Å². The molecule has 4 aliphatic rings. The van der Waals surface area contributed by atoms with Crippen molar-refractivity contribution >= 4 is 11.9 Å². The number of fused-ring (bicyclic) bond motifs is 5. The van der Waals surface area contributed by atoms with Crippen LogP contribution in [0.5, 0.6) is 0 Å². The van der Waals surface area contributed by atoms with E-state index in [1.54, 1.807) is 0 Å². The van der Waals surface area contributed by atoms with Gasteiger partial charge in [0.15, 0.2) is 0 Å². The van der Waals surface area contributed by atoms with Crippen molar-refractivity contribution in [3.63, 3.8) is 0 Å². The third-order valence-corrected chi connectivity index (χ3v) is 11.1. The Kier molecular flexibility index (Phi) is 8.08. The lowest BCUT2D eigenvalue weighted by molar-refractivity contribution is -0.154. The molecule has 198 valence electrons. The van der Waals surface area contributed by atoms with Gasteiger partial charge >= 0.3 is 11.9 Å². The number of aliphatic carboxylic acids is 1. The second kappa shape index (κ2) is 10.6. The molecule has 0 unspecified atom stereocenters. The van der Waals surface area contributed by atoms with Gasteiger partial charge in [-0.1, -0.05) is 65.5 Å². The smallest absolute Gasteiger partial charge is 0.306 e.